The molecular formula is C17H26O3. The van der Waals surface area contributed by atoms with Gasteiger partial charge in [-0.2, -0.15) is 0 Å². The lowest BCUT2D eigenvalue weighted by Gasteiger charge is -2.42. The number of aliphatic hydroxyl groups is 1. The van der Waals surface area contributed by atoms with Gasteiger partial charge in [-0.05, 0) is 23.8 Å². The topological polar surface area (TPSA) is 46.5 Å². The van der Waals surface area contributed by atoms with Gasteiger partial charge < -0.3 is 9.84 Å². The van der Waals surface area contributed by atoms with Crippen LogP contribution in [0.4, 0.5) is 0 Å². The monoisotopic (exact) mass is 278 g/mol. The van der Waals surface area contributed by atoms with Crippen LogP contribution in [0.2, 0.25) is 0 Å². The zero-order valence-electron chi connectivity index (χ0n) is 12.9. The van der Waals surface area contributed by atoms with E-state index in [1.807, 2.05) is 26.0 Å². The normalized spacial score (nSPS) is 37.9. The second-order valence-electron chi connectivity index (χ2n) is 6.32. The third-order valence-corrected chi connectivity index (χ3v) is 5.04. The van der Waals surface area contributed by atoms with E-state index in [0.29, 0.717) is 5.92 Å². The molecule has 1 N–H and O–H groups in total. The Kier molecular flexibility index (Phi) is 4.69. The predicted octanol–water partition coefficient (Wildman–Crippen LogP) is 3.09. The maximum absolute atomic E-state index is 12.1. The van der Waals surface area contributed by atoms with Gasteiger partial charge in [0.05, 0.1) is 12.0 Å². The second-order valence-corrected chi connectivity index (χ2v) is 6.32. The van der Waals surface area contributed by atoms with Gasteiger partial charge in [0.15, 0.2) is 0 Å². The quantitative estimate of drug-likeness (QED) is 0.807. The number of fused-ring (bicyclic) bond motifs is 1. The van der Waals surface area contributed by atoms with Crippen LogP contribution >= 0.6 is 0 Å². The fourth-order valence-corrected chi connectivity index (χ4v) is 3.16. The number of allylic oxidation sites excluding steroid dienone is 1. The highest BCUT2D eigenvalue weighted by atomic mass is 16.5. The molecule has 0 heterocycles. The maximum Gasteiger partial charge on any atom is 0.308 e. The van der Waals surface area contributed by atoms with Gasteiger partial charge in [0.2, 0.25) is 0 Å². The summed E-state index contributed by atoms with van der Waals surface area (Å²) in [5, 5.41) is 10.1. The molecular weight excluding hydrogens is 252 g/mol. The van der Waals surface area contributed by atoms with Crippen LogP contribution in [0.25, 0.3) is 0 Å². The highest BCUT2D eigenvalue weighted by Crippen LogP contribution is 2.41. The van der Waals surface area contributed by atoms with Crippen molar-refractivity contribution in [3.8, 4) is 0 Å². The van der Waals surface area contributed by atoms with Crippen molar-refractivity contribution in [1.82, 2.24) is 0 Å². The summed E-state index contributed by atoms with van der Waals surface area (Å²) in [6.07, 6.45) is 7.14. The van der Waals surface area contributed by atoms with E-state index in [2.05, 4.69) is 19.9 Å². The first-order chi connectivity index (χ1) is 9.45. The van der Waals surface area contributed by atoms with E-state index < -0.39 is 6.10 Å². The molecule has 0 aromatic carbocycles. The SMILES string of the molecule is CCC(C)C(=O)OC1CC=CC2=CC(O)C(C)C(C)C21. The first-order valence-electron chi connectivity index (χ1n) is 7.72. The van der Waals surface area contributed by atoms with Crippen LogP contribution in [0.5, 0.6) is 0 Å². The Morgan fingerprint density at radius 2 is 2.15 bits per heavy atom. The Labute approximate surface area is 121 Å². The van der Waals surface area contributed by atoms with Gasteiger partial charge in [-0.1, -0.05) is 45.9 Å². The van der Waals surface area contributed by atoms with Crippen molar-refractivity contribution in [2.24, 2.45) is 23.7 Å². The Balaban J connectivity index is 2.18. The molecule has 0 bridgehead atoms. The molecule has 2 aliphatic rings. The fourth-order valence-electron chi connectivity index (χ4n) is 3.16. The Bertz CT molecular complexity index is 424. The summed E-state index contributed by atoms with van der Waals surface area (Å²) in [6, 6.07) is 0. The second kappa shape index (κ2) is 6.13. The molecule has 20 heavy (non-hydrogen) atoms. The maximum atomic E-state index is 12.1. The Hall–Kier alpha value is -1.09. The molecule has 0 saturated carbocycles. The highest BCUT2D eigenvalue weighted by Gasteiger charge is 2.40. The van der Waals surface area contributed by atoms with Crippen molar-refractivity contribution < 1.29 is 14.6 Å². The van der Waals surface area contributed by atoms with Crippen molar-refractivity contribution >= 4 is 5.97 Å². The third-order valence-electron chi connectivity index (χ3n) is 5.04. The molecule has 2 rings (SSSR count). The summed E-state index contributed by atoms with van der Waals surface area (Å²) in [5.74, 6) is 0.574. The minimum atomic E-state index is -0.398. The number of ether oxygens (including phenoxy) is 1. The van der Waals surface area contributed by atoms with E-state index in [-0.39, 0.29) is 29.8 Å². The van der Waals surface area contributed by atoms with Gasteiger partial charge in [-0.25, -0.2) is 0 Å². The highest BCUT2D eigenvalue weighted by molar-refractivity contribution is 5.72. The van der Waals surface area contributed by atoms with Crippen molar-refractivity contribution in [1.29, 1.82) is 0 Å². The smallest absolute Gasteiger partial charge is 0.308 e. The number of hydrogen-bond acceptors (Lipinski definition) is 3. The largest absolute Gasteiger partial charge is 0.461 e. The van der Waals surface area contributed by atoms with Gasteiger partial charge in [-0.3, -0.25) is 4.79 Å². The molecule has 3 nitrogen and oxygen atoms in total. The van der Waals surface area contributed by atoms with Crippen LogP contribution in [0.1, 0.15) is 40.5 Å². The van der Waals surface area contributed by atoms with E-state index in [4.69, 9.17) is 4.74 Å². The van der Waals surface area contributed by atoms with Crippen LogP contribution < -0.4 is 0 Å². The molecule has 6 atom stereocenters. The number of carbonyl (C=O) groups is 1. The summed E-state index contributed by atoms with van der Waals surface area (Å²) in [7, 11) is 0. The van der Waals surface area contributed by atoms with E-state index >= 15 is 0 Å². The molecule has 0 spiro atoms. The molecule has 6 unspecified atom stereocenters. The van der Waals surface area contributed by atoms with E-state index in [1.54, 1.807) is 0 Å². The molecule has 0 aromatic rings. The van der Waals surface area contributed by atoms with Crippen LogP contribution in [-0.4, -0.2) is 23.3 Å². The number of hydrogen-bond donors (Lipinski definition) is 1. The standard InChI is InChI=1S/C17H26O3/c1-5-10(2)17(19)20-15-8-6-7-13-9-14(18)11(3)12(4)16(13)15/h6-7,9-12,14-16,18H,5,8H2,1-4H3. The average Bonchev–Trinajstić information content (AvgIpc) is 2.43. The van der Waals surface area contributed by atoms with Crippen molar-refractivity contribution in [3.05, 3.63) is 23.8 Å². The summed E-state index contributed by atoms with van der Waals surface area (Å²) in [4.78, 5) is 12.1. The van der Waals surface area contributed by atoms with Crippen LogP contribution in [0.3, 0.4) is 0 Å². The molecule has 0 amide bonds. The van der Waals surface area contributed by atoms with Crippen molar-refractivity contribution in [3.63, 3.8) is 0 Å². The summed E-state index contributed by atoms with van der Waals surface area (Å²) >= 11 is 0. The molecule has 0 aliphatic heterocycles. The van der Waals surface area contributed by atoms with Gasteiger partial charge in [0.25, 0.3) is 0 Å². The van der Waals surface area contributed by atoms with E-state index in [9.17, 15) is 9.90 Å². The predicted molar refractivity (Wildman–Crippen MR) is 79.0 cm³/mol. The average molecular weight is 278 g/mol. The van der Waals surface area contributed by atoms with Gasteiger partial charge in [-0.15, -0.1) is 0 Å². The lowest BCUT2D eigenvalue weighted by atomic mass is 9.67. The summed E-state index contributed by atoms with van der Waals surface area (Å²) < 4.78 is 5.75. The Morgan fingerprint density at radius 3 is 2.80 bits per heavy atom. The van der Waals surface area contributed by atoms with Crippen molar-refractivity contribution in [2.75, 3.05) is 0 Å². The minimum Gasteiger partial charge on any atom is -0.461 e. The molecule has 112 valence electrons. The molecule has 3 heteroatoms. The van der Waals surface area contributed by atoms with Gasteiger partial charge >= 0.3 is 5.97 Å². The van der Waals surface area contributed by atoms with Gasteiger partial charge in [0.1, 0.15) is 6.10 Å². The van der Waals surface area contributed by atoms with Crippen LogP contribution in [0, 0.1) is 23.7 Å². The molecule has 0 radical (unpaired) electrons. The molecule has 0 aromatic heterocycles. The van der Waals surface area contributed by atoms with Gasteiger partial charge in [0, 0.05) is 12.3 Å². The fraction of sp³-hybridized carbons (Fsp3) is 0.706. The van der Waals surface area contributed by atoms with Crippen LogP contribution in [-0.2, 0) is 9.53 Å². The number of carbonyl (C=O) groups excluding carboxylic acids is 1. The summed E-state index contributed by atoms with van der Waals surface area (Å²) in [5.41, 5.74) is 1.12. The van der Waals surface area contributed by atoms with E-state index in [1.165, 1.54) is 0 Å². The number of rotatable bonds is 3. The first-order valence-corrected chi connectivity index (χ1v) is 7.72. The lowest BCUT2D eigenvalue weighted by molar-refractivity contribution is -0.157. The number of aliphatic hydroxyl groups excluding tert-OH is 1. The third kappa shape index (κ3) is 2.83. The Morgan fingerprint density at radius 1 is 1.45 bits per heavy atom. The molecule has 2 aliphatic carbocycles. The lowest BCUT2D eigenvalue weighted by Crippen LogP contribution is -2.42. The zero-order valence-corrected chi connectivity index (χ0v) is 12.9. The van der Waals surface area contributed by atoms with E-state index in [0.717, 1.165) is 18.4 Å². The number of esters is 1. The molecule has 0 saturated heterocycles. The first kappa shape index (κ1) is 15.3. The minimum absolute atomic E-state index is 0.0461. The van der Waals surface area contributed by atoms with Crippen LogP contribution in [0.15, 0.2) is 23.8 Å². The van der Waals surface area contributed by atoms with Crippen molar-refractivity contribution in [2.45, 2.75) is 52.7 Å². The zero-order chi connectivity index (χ0) is 14.9. The molecule has 0 fully saturated rings. The summed E-state index contributed by atoms with van der Waals surface area (Å²) in [6.45, 7) is 8.12.